The summed E-state index contributed by atoms with van der Waals surface area (Å²) >= 11 is 0. The van der Waals surface area contributed by atoms with E-state index >= 15 is 0 Å². The van der Waals surface area contributed by atoms with Gasteiger partial charge in [0.05, 0.1) is 0 Å². The first-order valence-electron chi connectivity index (χ1n) is 11.9. The second kappa shape index (κ2) is 10.7. The minimum atomic E-state index is -0.0825. The molecule has 3 aromatic rings. The summed E-state index contributed by atoms with van der Waals surface area (Å²) in [6, 6.07) is 16.8. The molecule has 1 aliphatic carbocycles. The summed E-state index contributed by atoms with van der Waals surface area (Å²) in [4.78, 5) is 26.2. The van der Waals surface area contributed by atoms with Crippen molar-refractivity contribution >= 4 is 28.4 Å². The van der Waals surface area contributed by atoms with Crippen LogP contribution in [-0.4, -0.2) is 47.5 Å². The molecule has 174 valence electrons. The molecule has 0 unspecified atom stereocenters. The molecule has 0 spiro atoms. The van der Waals surface area contributed by atoms with Crippen molar-refractivity contribution in [2.45, 2.75) is 51.6 Å². The lowest BCUT2D eigenvalue weighted by molar-refractivity contribution is -0.121. The van der Waals surface area contributed by atoms with E-state index in [0.717, 1.165) is 34.3 Å². The molecular weight excluding hydrogens is 412 g/mol. The summed E-state index contributed by atoms with van der Waals surface area (Å²) in [6.45, 7) is 3.38. The lowest BCUT2D eigenvalue weighted by Crippen LogP contribution is -2.40. The van der Waals surface area contributed by atoms with Crippen LogP contribution in [0, 0.1) is 0 Å². The van der Waals surface area contributed by atoms with Crippen LogP contribution in [0.1, 0.15) is 39.0 Å². The molecule has 0 saturated heterocycles. The molecular formula is C27H34N4O2. The van der Waals surface area contributed by atoms with Crippen molar-refractivity contribution in [3.05, 3.63) is 54.7 Å². The smallest absolute Gasteiger partial charge is 0.239 e. The first kappa shape index (κ1) is 23.1. The maximum atomic E-state index is 12.6. The highest BCUT2D eigenvalue weighted by molar-refractivity contribution is 5.90. The van der Waals surface area contributed by atoms with Gasteiger partial charge in [-0.2, -0.15) is 0 Å². The number of anilines is 1. The molecule has 1 fully saturated rings. The van der Waals surface area contributed by atoms with Gasteiger partial charge in [-0.3, -0.25) is 9.59 Å². The lowest BCUT2D eigenvalue weighted by atomic mass is 9.94. The van der Waals surface area contributed by atoms with E-state index in [1.807, 2.05) is 41.1 Å². The molecule has 2 N–H and O–H groups in total. The standard InChI is InChI=1S/C27H34N4O2/c1-20(32)29-24-12-10-21(11-13-24)23-9-8-22-14-16-31(26(22)18-23)19-27(33)28-15-17-30(2)25-6-4-3-5-7-25/h8-14,16,18,25H,3-7,15,17,19H2,1-2H3,(H,28,33)(H,29,32). The fourth-order valence-electron chi connectivity index (χ4n) is 4.74. The zero-order valence-electron chi connectivity index (χ0n) is 19.6. The van der Waals surface area contributed by atoms with E-state index in [1.165, 1.54) is 39.0 Å². The second-order valence-electron chi connectivity index (χ2n) is 9.10. The Bertz CT molecular complexity index is 1100. The van der Waals surface area contributed by atoms with Crippen LogP contribution < -0.4 is 10.6 Å². The van der Waals surface area contributed by atoms with Gasteiger partial charge in [-0.25, -0.2) is 0 Å². The van der Waals surface area contributed by atoms with Gasteiger partial charge in [-0.05, 0) is 60.7 Å². The van der Waals surface area contributed by atoms with Gasteiger partial charge in [0.1, 0.15) is 6.54 Å². The number of hydrogen-bond donors (Lipinski definition) is 2. The van der Waals surface area contributed by atoms with Crippen molar-refractivity contribution in [3.8, 4) is 11.1 Å². The largest absolute Gasteiger partial charge is 0.353 e. The Morgan fingerprint density at radius 1 is 1.00 bits per heavy atom. The van der Waals surface area contributed by atoms with Crippen LogP contribution in [0.3, 0.4) is 0 Å². The van der Waals surface area contributed by atoms with Crippen LogP contribution in [0.4, 0.5) is 5.69 Å². The summed E-state index contributed by atoms with van der Waals surface area (Å²) in [5.74, 6) is -0.0458. The molecule has 6 nitrogen and oxygen atoms in total. The number of nitrogens with one attached hydrogen (secondary N) is 2. The third-order valence-corrected chi connectivity index (χ3v) is 6.61. The van der Waals surface area contributed by atoms with E-state index in [-0.39, 0.29) is 11.8 Å². The lowest BCUT2D eigenvalue weighted by Gasteiger charge is -2.31. The summed E-state index contributed by atoms with van der Waals surface area (Å²) in [5.41, 5.74) is 3.95. The quantitative estimate of drug-likeness (QED) is 0.529. The molecule has 0 atom stereocenters. The van der Waals surface area contributed by atoms with Gasteiger partial charge >= 0.3 is 0 Å². The predicted molar refractivity (Wildman–Crippen MR) is 134 cm³/mol. The number of hydrogen-bond acceptors (Lipinski definition) is 3. The van der Waals surface area contributed by atoms with Gasteiger partial charge < -0.3 is 20.1 Å². The van der Waals surface area contributed by atoms with Gasteiger partial charge in [0.25, 0.3) is 0 Å². The van der Waals surface area contributed by atoms with Crippen molar-refractivity contribution in [3.63, 3.8) is 0 Å². The molecule has 0 radical (unpaired) electrons. The van der Waals surface area contributed by atoms with Gasteiger partial charge in [-0.15, -0.1) is 0 Å². The number of amides is 2. The topological polar surface area (TPSA) is 66.4 Å². The maximum absolute atomic E-state index is 12.6. The first-order chi connectivity index (χ1) is 16.0. The molecule has 0 aliphatic heterocycles. The number of benzene rings is 2. The molecule has 33 heavy (non-hydrogen) atoms. The molecule has 4 rings (SSSR count). The number of aromatic nitrogens is 1. The van der Waals surface area contributed by atoms with Crippen LogP contribution in [0.15, 0.2) is 54.7 Å². The second-order valence-corrected chi connectivity index (χ2v) is 9.10. The third-order valence-electron chi connectivity index (χ3n) is 6.61. The molecule has 1 saturated carbocycles. The van der Waals surface area contributed by atoms with E-state index in [9.17, 15) is 9.59 Å². The zero-order valence-corrected chi connectivity index (χ0v) is 19.6. The van der Waals surface area contributed by atoms with Crippen LogP contribution in [0.2, 0.25) is 0 Å². The van der Waals surface area contributed by atoms with Crippen molar-refractivity contribution < 1.29 is 9.59 Å². The maximum Gasteiger partial charge on any atom is 0.239 e. The highest BCUT2D eigenvalue weighted by Gasteiger charge is 2.17. The van der Waals surface area contributed by atoms with Crippen LogP contribution >= 0.6 is 0 Å². The van der Waals surface area contributed by atoms with Gasteiger partial charge in [-0.1, -0.05) is 43.5 Å². The number of carbonyl (C=O) groups is 2. The SMILES string of the molecule is CC(=O)Nc1ccc(-c2ccc3ccn(CC(=O)NCCN(C)C4CCCCC4)c3c2)cc1. The molecule has 2 amide bonds. The molecule has 1 aromatic heterocycles. The van der Waals surface area contributed by atoms with Gasteiger partial charge in [0.15, 0.2) is 0 Å². The third kappa shape index (κ3) is 6.02. The summed E-state index contributed by atoms with van der Waals surface area (Å²) in [7, 11) is 2.17. The van der Waals surface area contributed by atoms with Crippen LogP contribution in [-0.2, 0) is 16.1 Å². The Labute approximate surface area is 196 Å². The minimum Gasteiger partial charge on any atom is -0.353 e. The Balaban J connectivity index is 1.37. The average molecular weight is 447 g/mol. The average Bonchev–Trinajstić information content (AvgIpc) is 3.21. The minimum absolute atomic E-state index is 0.0367. The molecule has 6 heteroatoms. The number of rotatable bonds is 8. The van der Waals surface area contributed by atoms with Crippen LogP contribution in [0.25, 0.3) is 22.0 Å². The van der Waals surface area contributed by atoms with Crippen molar-refractivity contribution in [2.24, 2.45) is 0 Å². The Morgan fingerprint density at radius 2 is 1.73 bits per heavy atom. The molecule has 1 heterocycles. The Hall–Kier alpha value is -3.12. The predicted octanol–water partition coefficient (Wildman–Crippen LogP) is 4.65. The molecule has 0 bridgehead atoms. The molecule has 1 aliphatic rings. The van der Waals surface area contributed by atoms with E-state index in [0.29, 0.717) is 19.1 Å². The van der Waals surface area contributed by atoms with E-state index in [2.05, 4.69) is 40.8 Å². The Morgan fingerprint density at radius 3 is 2.45 bits per heavy atom. The number of nitrogens with zero attached hydrogens (tertiary/aromatic N) is 2. The van der Waals surface area contributed by atoms with Crippen LogP contribution in [0.5, 0.6) is 0 Å². The van der Waals surface area contributed by atoms with E-state index in [1.54, 1.807) is 0 Å². The summed E-state index contributed by atoms with van der Waals surface area (Å²) in [6.07, 6.45) is 8.53. The van der Waals surface area contributed by atoms with Crippen molar-refractivity contribution in [1.29, 1.82) is 0 Å². The summed E-state index contributed by atoms with van der Waals surface area (Å²) < 4.78 is 2.00. The number of carbonyl (C=O) groups excluding carboxylic acids is 2. The highest BCUT2D eigenvalue weighted by atomic mass is 16.2. The first-order valence-corrected chi connectivity index (χ1v) is 11.9. The monoisotopic (exact) mass is 446 g/mol. The fraction of sp³-hybridized carbons (Fsp3) is 0.407. The Kier molecular flexibility index (Phi) is 7.45. The normalized spacial score (nSPS) is 14.5. The summed E-state index contributed by atoms with van der Waals surface area (Å²) in [5, 5.41) is 6.99. The van der Waals surface area contributed by atoms with Crippen molar-refractivity contribution in [1.82, 2.24) is 14.8 Å². The highest BCUT2D eigenvalue weighted by Crippen LogP contribution is 2.26. The van der Waals surface area contributed by atoms with Gasteiger partial charge in [0, 0.05) is 43.5 Å². The zero-order chi connectivity index (χ0) is 23.2. The molecule has 2 aromatic carbocycles. The number of fused-ring (bicyclic) bond motifs is 1. The van der Waals surface area contributed by atoms with Crippen molar-refractivity contribution in [2.75, 3.05) is 25.5 Å². The van der Waals surface area contributed by atoms with E-state index < -0.39 is 0 Å². The number of likely N-dealkylation sites (N-methyl/N-ethyl adjacent to an activating group) is 1. The fourth-order valence-corrected chi connectivity index (χ4v) is 4.74. The van der Waals surface area contributed by atoms with E-state index in [4.69, 9.17) is 0 Å². The van der Waals surface area contributed by atoms with Gasteiger partial charge in [0.2, 0.25) is 11.8 Å².